The van der Waals surface area contributed by atoms with Crippen LogP contribution >= 0.6 is 0 Å². The summed E-state index contributed by atoms with van der Waals surface area (Å²) in [6.07, 6.45) is 4.60. The van der Waals surface area contributed by atoms with E-state index < -0.39 is 0 Å². The van der Waals surface area contributed by atoms with E-state index in [1.165, 1.54) is 5.56 Å². The Hall–Kier alpha value is -1.57. The van der Waals surface area contributed by atoms with Crippen molar-refractivity contribution in [1.29, 1.82) is 0 Å². The second-order valence-corrected chi connectivity index (χ2v) is 5.07. The molecule has 2 nitrogen and oxygen atoms in total. The summed E-state index contributed by atoms with van der Waals surface area (Å²) in [5.41, 5.74) is 1.21. The van der Waals surface area contributed by atoms with E-state index in [4.69, 9.17) is 0 Å². The maximum absolute atomic E-state index is 12.2. The van der Waals surface area contributed by atoms with Crippen LogP contribution in [0.25, 0.3) is 0 Å². The molecule has 0 fully saturated rings. The molecule has 0 aliphatic rings. The third-order valence-electron chi connectivity index (χ3n) is 3.27. The lowest BCUT2D eigenvalue weighted by atomic mass is 9.94. The Morgan fingerprint density at radius 2 is 1.89 bits per heavy atom. The minimum Gasteiger partial charge on any atom is -0.332 e. The quantitative estimate of drug-likeness (QED) is 0.701. The first-order chi connectivity index (χ1) is 9.11. The van der Waals surface area contributed by atoms with E-state index in [-0.39, 0.29) is 11.9 Å². The highest BCUT2D eigenvalue weighted by Crippen LogP contribution is 2.29. The highest BCUT2D eigenvalue weighted by molar-refractivity contribution is 5.76. The largest absolute Gasteiger partial charge is 0.332 e. The van der Waals surface area contributed by atoms with Gasteiger partial charge in [-0.3, -0.25) is 4.79 Å². The van der Waals surface area contributed by atoms with Crippen molar-refractivity contribution in [3.05, 3.63) is 48.0 Å². The molecule has 0 heterocycles. The van der Waals surface area contributed by atoms with Crippen molar-refractivity contribution in [2.24, 2.45) is 5.92 Å². The standard InChI is InChI=1S/C17H25NO/c1-5-7-13-18(16(19)6-2)17(14(3)4)15-11-9-8-10-12-15/h5,7-12,14,17H,6,13H2,1-4H3. The van der Waals surface area contributed by atoms with E-state index in [2.05, 4.69) is 26.0 Å². The molecule has 0 spiro atoms. The first kappa shape index (κ1) is 15.5. The predicted octanol–water partition coefficient (Wildman–Crippen LogP) is 4.20. The molecule has 0 N–H and O–H groups in total. The van der Waals surface area contributed by atoms with Crippen molar-refractivity contribution >= 4 is 5.91 Å². The van der Waals surface area contributed by atoms with Crippen molar-refractivity contribution in [1.82, 2.24) is 4.90 Å². The van der Waals surface area contributed by atoms with Crippen LogP contribution in [0.2, 0.25) is 0 Å². The SMILES string of the molecule is CC=CCN(C(=O)CC)C(c1ccccc1)C(C)C. The summed E-state index contributed by atoms with van der Waals surface area (Å²) in [5.74, 6) is 0.601. The first-order valence-corrected chi connectivity index (χ1v) is 7.07. The molecule has 1 rings (SSSR count). The zero-order chi connectivity index (χ0) is 14.3. The normalized spacial score (nSPS) is 12.9. The number of allylic oxidation sites excluding steroid dienone is 1. The van der Waals surface area contributed by atoms with Gasteiger partial charge in [-0.15, -0.1) is 0 Å². The molecule has 0 saturated heterocycles. The molecule has 0 aliphatic heterocycles. The number of benzene rings is 1. The zero-order valence-corrected chi connectivity index (χ0v) is 12.5. The smallest absolute Gasteiger partial charge is 0.223 e. The summed E-state index contributed by atoms with van der Waals surface area (Å²) < 4.78 is 0. The molecule has 1 amide bonds. The van der Waals surface area contributed by atoms with E-state index in [0.717, 1.165) is 0 Å². The average molecular weight is 259 g/mol. The van der Waals surface area contributed by atoms with Gasteiger partial charge in [0.1, 0.15) is 0 Å². The van der Waals surface area contributed by atoms with Gasteiger partial charge in [-0.05, 0) is 18.4 Å². The van der Waals surface area contributed by atoms with Gasteiger partial charge in [-0.2, -0.15) is 0 Å². The van der Waals surface area contributed by atoms with Crippen LogP contribution in [-0.2, 0) is 4.79 Å². The van der Waals surface area contributed by atoms with Gasteiger partial charge in [0.05, 0.1) is 6.04 Å². The Morgan fingerprint density at radius 3 is 2.37 bits per heavy atom. The van der Waals surface area contributed by atoms with E-state index in [1.807, 2.05) is 49.1 Å². The van der Waals surface area contributed by atoms with Gasteiger partial charge in [0.25, 0.3) is 0 Å². The molecule has 104 valence electrons. The summed E-state index contributed by atoms with van der Waals surface area (Å²) >= 11 is 0. The fraction of sp³-hybridized carbons (Fsp3) is 0.471. The molecule has 1 unspecified atom stereocenters. The molecular weight excluding hydrogens is 234 g/mol. The third-order valence-corrected chi connectivity index (χ3v) is 3.27. The van der Waals surface area contributed by atoms with Gasteiger partial charge >= 0.3 is 0 Å². The fourth-order valence-corrected chi connectivity index (χ4v) is 2.37. The number of carbonyl (C=O) groups excluding carboxylic acids is 1. The van der Waals surface area contributed by atoms with Crippen LogP contribution in [0.4, 0.5) is 0 Å². The van der Waals surface area contributed by atoms with E-state index in [1.54, 1.807) is 0 Å². The lowest BCUT2D eigenvalue weighted by Crippen LogP contribution is -2.37. The van der Waals surface area contributed by atoms with Crippen LogP contribution in [0.15, 0.2) is 42.5 Å². The van der Waals surface area contributed by atoms with Gasteiger partial charge in [-0.25, -0.2) is 0 Å². The van der Waals surface area contributed by atoms with Crippen LogP contribution in [0.3, 0.4) is 0 Å². The summed E-state index contributed by atoms with van der Waals surface area (Å²) in [5, 5.41) is 0. The number of hydrogen-bond donors (Lipinski definition) is 0. The third kappa shape index (κ3) is 4.23. The van der Waals surface area contributed by atoms with Crippen LogP contribution in [0, 0.1) is 5.92 Å². The maximum atomic E-state index is 12.2. The van der Waals surface area contributed by atoms with Crippen LogP contribution < -0.4 is 0 Å². The highest BCUT2D eigenvalue weighted by atomic mass is 16.2. The van der Waals surface area contributed by atoms with Gasteiger partial charge < -0.3 is 4.90 Å². The minimum absolute atomic E-state index is 0.143. The summed E-state index contributed by atoms with van der Waals surface area (Å²) in [6.45, 7) is 8.93. The molecule has 0 aromatic heterocycles. The summed E-state index contributed by atoms with van der Waals surface area (Å²) in [4.78, 5) is 14.2. The molecule has 19 heavy (non-hydrogen) atoms. The maximum Gasteiger partial charge on any atom is 0.223 e. The Morgan fingerprint density at radius 1 is 1.26 bits per heavy atom. The lowest BCUT2D eigenvalue weighted by Gasteiger charge is -2.34. The molecule has 1 aromatic carbocycles. The molecule has 0 aliphatic carbocycles. The van der Waals surface area contributed by atoms with Crippen LogP contribution in [-0.4, -0.2) is 17.4 Å². The molecule has 0 bridgehead atoms. The zero-order valence-electron chi connectivity index (χ0n) is 12.5. The van der Waals surface area contributed by atoms with Crippen molar-refractivity contribution in [3.8, 4) is 0 Å². The topological polar surface area (TPSA) is 20.3 Å². The average Bonchev–Trinajstić information content (AvgIpc) is 2.43. The van der Waals surface area contributed by atoms with Crippen molar-refractivity contribution < 1.29 is 4.79 Å². The number of carbonyl (C=O) groups is 1. The monoisotopic (exact) mass is 259 g/mol. The van der Waals surface area contributed by atoms with Crippen LogP contribution in [0.1, 0.15) is 45.7 Å². The predicted molar refractivity (Wildman–Crippen MR) is 80.8 cm³/mol. The second kappa shape index (κ2) is 7.78. The Bertz CT molecular complexity index is 409. The number of nitrogens with zero attached hydrogens (tertiary/aromatic N) is 1. The molecule has 2 heteroatoms. The van der Waals surface area contributed by atoms with Gasteiger partial charge in [0.15, 0.2) is 0 Å². The molecule has 1 aromatic rings. The molecular formula is C17H25NO. The van der Waals surface area contributed by atoms with E-state index >= 15 is 0 Å². The Balaban J connectivity index is 3.08. The molecule has 0 radical (unpaired) electrons. The Kier molecular flexibility index (Phi) is 6.34. The summed E-state index contributed by atoms with van der Waals surface area (Å²) in [6, 6.07) is 10.4. The first-order valence-electron chi connectivity index (χ1n) is 7.07. The van der Waals surface area contributed by atoms with Crippen LogP contribution in [0.5, 0.6) is 0 Å². The molecule has 0 saturated carbocycles. The second-order valence-electron chi connectivity index (χ2n) is 5.07. The highest BCUT2D eigenvalue weighted by Gasteiger charge is 2.25. The minimum atomic E-state index is 0.143. The fourth-order valence-electron chi connectivity index (χ4n) is 2.37. The van der Waals surface area contributed by atoms with Gasteiger partial charge in [0, 0.05) is 13.0 Å². The van der Waals surface area contributed by atoms with Crippen molar-refractivity contribution in [2.75, 3.05) is 6.54 Å². The van der Waals surface area contributed by atoms with Gasteiger partial charge in [0.2, 0.25) is 5.91 Å². The van der Waals surface area contributed by atoms with E-state index in [9.17, 15) is 4.79 Å². The Labute approximate surface area is 117 Å². The van der Waals surface area contributed by atoms with E-state index in [0.29, 0.717) is 18.9 Å². The molecule has 1 atom stereocenters. The number of rotatable bonds is 6. The van der Waals surface area contributed by atoms with Gasteiger partial charge in [-0.1, -0.05) is 63.3 Å². The number of amides is 1. The van der Waals surface area contributed by atoms with Crippen molar-refractivity contribution in [3.63, 3.8) is 0 Å². The van der Waals surface area contributed by atoms with Crippen molar-refractivity contribution in [2.45, 2.75) is 40.2 Å². The number of hydrogen-bond acceptors (Lipinski definition) is 1. The lowest BCUT2D eigenvalue weighted by molar-refractivity contribution is -0.133. The summed E-state index contributed by atoms with van der Waals surface area (Å²) in [7, 11) is 0.